The average molecular weight is 480 g/mol. The Kier molecular flexibility index (Phi) is 6.15. The number of hydrogen-bond acceptors (Lipinski definition) is 7. The molecule has 0 saturated carbocycles. The van der Waals surface area contributed by atoms with Gasteiger partial charge in [0, 0.05) is 26.2 Å². The van der Waals surface area contributed by atoms with Crippen LogP contribution in [0, 0.1) is 0 Å². The van der Waals surface area contributed by atoms with Gasteiger partial charge in [-0.05, 0) is 24.3 Å². The number of nitrogens with zero attached hydrogens (tertiary/aromatic N) is 6. The lowest BCUT2D eigenvalue weighted by Crippen LogP contribution is -2.39. The summed E-state index contributed by atoms with van der Waals surface area (Å²) in [5.74, 6) is 1.30. The Morgan fingerprint density at radius 1 is 1.18 bits per heavy atom. The molecule has 0 N–H and O–H groups in total. The van der Waals surface area contributed by atoms with E-state index in [1.165, 1.54) is 39.4 Å². The average Bonchev–Trinajstić information content (AvgIpc) is 3.40. The maximum absolute atomic E-state index is 12.9. The zero-order valence-electron chi connectivity index (χ0n) is 17.7. The summed E-state index contributed by atoms with van der Waals surface area (Å²) in [6.07, 6.45) is -2.43. The van der Waals surface area contributed by atoms with Gasteiger partial charge in [-0.15, -0.1) is 0 Å². The summed E-state index contributed by atoms with van der Waals surface area (Å²) in [5, 5.41) is 3.76. The lowest BCUT2D eigenvalue weighted by Gasteiger charge is -2.08. The highest BCUT2D eigenvalue weighted by atomic mass is 32.2. The quantitative estimate of drug-likeness (QED) is 0.375. The predicted octanol–water partition coefficient (Wildman–Crippen LogP) is 2.83. The van der Waals surface area contributed by atoms with E-state index in [1.54, 1.807) is 18.7 Å². The van der Waals surface area contributed by atoms with Gasteiger partial charge in [-0.1, -0.05) is 17.3 Å². The molecule has 3 heterocycles. The molecule has 0 saturated heterocycles. The van der Waals surface area contributed by atoms with Crippen LogP contribution in [0.15, 0.2) is 44.7 Å². The van der Waals surface area contributed by atoms with Crippen LogP contribution in [-0.2, 0) is 32.6 Å². The molecule has 0 fully saturated rings. The van der Waals surface area contributed by atoms with E-state index in [4.69, 9.17) is 4.52 Å². The van der Waals surface area contributed by atoms with Crippen molar-refractivity contribution in [1.29, 1.82) is 0 Å². The molecule has 0 aliphatic rings. The Hall–Kier alpha value is -3.35. The number of aromatic nitrogens is 6. The van der Waals surface area contributed by atoms with Crippen molar-refractivity contribution >= 4 is 22.9 Å². The molecule has 13 heteroatoms. The topological polar surface area (TPSA) is 101 Å². The highest BCUT2D eigenvalue weighted by Gasteiger charge is 2.30. The van der Waals surface area contributed by atoms with Crippen LogP contribution in [0.25, 0.3) is 22.6 Å². The Bertz CT molecular complexity index is 1420. The fourth-order valence-corrected chi connectivity index (χ4v) is 4.11. The van der Waals surface area contributed by atoms with E-state index in [9.17, 15) is 22.8 Å². The summed E-state index contributed by atoms with van der Waals surface area (Å²) >= 11 is 1.45. The van der Waals surface area contributed by atoms with Crippen LogP contribution in [-0.4, -0.2) is 34.6 Å². The standard InChI is InChI=1S/C20H19F3N6O3S/c1-27-11-24-17-15(27)18(30)29(19(31)28(17)2)7-4-8-33-10-14-25-16(26-32-14)12-5-3-6-13(9-12)20(21,22)23/h3,5-6,9,11H,4,7-8,10H2,1-2H3. The molecule has 0 atom stereocenters. The Morgan fingerprint density at radius 2 is 1.97 bits per heavy atom. The first-order valence-corrected chi connectivity index (χ1v) is 11.0. The zero-order chi connectivity index (χ0) is 23.8. The van der Waals surface area contributed by atoms with Crippen molar-refractivity contribution in [1.82, 2.24) is 28.8 Å². The van der Waals surface area contributed by atoms with Crippen molar-refractivity contribution in [3.8, 4) is 11.4 Å². The molecule has 174 valence electrons. The van der Waals surface area contributed by atoms with E-state index in [-0.39, 0.29) is 29.4 Å². The number of fused-ring (bicyclic) bond motifs is 1. The predicted molar refractivity (Wildman–Crippen MR) is 116 cm³/mol. The Balaban J connectivity index is 1.36. The van der Waals surface area contributed by atoms with Crippen molar-refractivity contribution in [2.45, 2.75) is 24.9 Å². The van der Waals surface area contributed by atoms with Gasteiger partial charge in [-0.2, -0.15) is 29.9 Å². The largest absolute Gasteiger partial charge is 0.416 e. The molecule has 3 aromatic heterocycles. The Labute approximate surface area is 188 Å². The number of halogens is 3. The molecule has 9 nitrogen and oxygen atoms in total. The van der Waals surface area contributed by atoms with Gasteiger partial charge in [0.2, 0.25) is 11.7 Å². The molecular weight excluding hydrogens is 461 g/mol. The van der Waals surface area contributed by atoms with E-state index in [1.807, 2.05) is 0 Å². The van der Waals surface area contributed by atoms with Crippen LogP contribution >= 0.6 is 11.8 Å². The number of thioether (sulfide) groups is 1. The maximum atomic E-state index is 12.9. The molecule has 1 aromatic carbocycles. The monoisotopic (exact) mass is 480 g/mol. The van der Waals surface area contributed by atoms with Gasteiger partial charge in [0.1, 0.15) is 0 Å². The van der Waals surface area contributed by atoms with Crippen LogP contribution < -0.4 is 11.2 Å². The highest BCUT2D eigenvalue weighted by Crippen LogP contribution is 2.31. The van der Waals surface area contributed by atoms with Gasteiger partial charge in [0.25, 0.3) is 5.56 Å². The molecule has 0 spiro atoms. The smallest absolute Gasteiger partial charge is 0.338 e. The van der Waals surface area contributed by atoms with Crippen LogP contribution in [0.5, 0.6) is 0 Å². The van der Waals surface area contributed by atoms with Crippen LogP contribution in [0.3, 0.4) is 0 Å². The summed E-state index contributed by atoms with van der Waals surface area (Å²) < 4.78 is 47.9. The first-order chi connectivity index (χ1) is 15.7. The number of aryl methyl sites for hydroxylation is 2. The van der Waals surface area contributed by atoms with Crippen LogP contribution in [0.2, 0.25) is 0 Å². The second-order valence-electron chi connectivity index (χ2n) is 7.32. The minimum atomic E-state index is -4.46. The first-order valence-electron chi connectivity index (χ1n) is 9.85. The van der Waals surface area contributed by atoms with Gasteiger partial charge in [0.15, 0.2) is 11.2 Å². The number of benzene rings is 1. The van der Waals surface area contributed by atoms with Crippen molar-refractivity contribution in [2.24, 2.45) is 14.1 Å². The third-order valence-electron chi connectivity index (χ3n) is 5.01. The second-order valence-corrected chi connectivity index (χ2v) is 8.43. The lowest BCUT2D eigenvalue weighted by molar-refractivity contribution is -0.137. The summed E-state index contributed by atoms with van der Waals surface area (Å²) in [7, 11) is 3.26. The molecule has 4 rings (SSSR count). The normalized spacial score (nSPS) is 12.0. The summed E-state index contributed by atoms with van der Waals surface area (Å²) in [6, 6.07) is 4.72. The fourth-order valence-electron chi connectivity index (χ4n) is 3.34. The summed E-state index contributed by atoms with van der Waals surface area (Å²) in [4.78, 5) is 33.4. The molecule has 0 aliphatic carbocycles. The van der Waals surface area contributed by atoms with Gasteiger partial charge >= 0.3 is 11.9 Å². The molecular formula is C20H19F3N6O3S. The first kappa shape index (κ1) is 22.8. The fraction of sp³-hybridized carbons (Fsp3) is 0.350. The second kappa shape index (κ2) is 8.89. The van der Waals surface area contributed by atoms with E-state index in [2.05, 4.69) is 15.1 Å². The third kappa shape index (κ3) is 4.58. The van der Waals surface area contributed by atoms with E-state index in [0.717, 1.165) is 12.1 Å². The number of imidazole rings is 1. The van der Waals surface area contributed by atoms with Gasteiger partial charge in [0.05, 0.1) is 17.6 Å². The Morgan fingerprint density at radius 3 is 2.73 bits per heavy atom. The molecule has 0 radical (unpaired) electrons. The number of hydrogen-bond donors (Lipinski definition) is 0. The van der Waals surface area contributed by atoms with E-state index < -0.39 is 17.4 Å². The van der Waals surface area contributed by atoms with Gasteiger partial charge in [-0.3, -0.25) is 13.9 Å². The summed E-state index contributed by atoms with van der Waals surface area (Å²) in [5.41, 5.74) is -0.694. The van der Waals surface area contributed by atoms with E-state index >= 15 is 0 Å². The minimum Gasteiger partial charge on any atom is -0.338 e. The number of rotatable bonds is 7. The number of alkyl halides is 3. The SMILES string of the molecule is Cn1cnc2c1c(=O)n(CCCSCc1nc(-c3cccc(C(F)(F)F)c3)no1)c(=O)n2C. The van der Waals surface area contributed by atoms with Crippen molar-refractivity contribution in [3.05, 3.63) is 62.9 Å². The third-order valence-corrected chi connectivity index (χ3v) is 6.04. The minimum absolute atomic E-state index is 0.0798. The maximum Gasteiger partial charge on any atom is 0.416 e. The summed E-state index contributed by atoms with van der Waals surface area (Å²) in [6.45, 7) is 0.235. The van der Waals surface area contributed by atoms with Crippen LogP contribution in [0.4, 0.5) is 13.2 Å². The van der Waals surface area contributed by atoms with Crippen molar-refractivity contribution in [2.75, 3.05) is 5.75 Å². The molecule has 0 aliphatic heterocycles. The van der Waals surface area contributed by atoms with E-state index in [0.29, 0.717) is 29.1 Å². The van der Waals surface area contributed by atoms with Gasteiger partial charge in [-0.25, -0.2) is 9.78 Å². The van der Waals surface area contributed by atoms with Crippen molar-refractivity contribution < 1.29 is 17.7 Å². The molecule has 33 heavy (non-hydrogen) atoms. The molecule has 0 amide bonds. The molecule has 0 bridgehead atoms. The molecule has 4 aromatic rings. The zero-order valence-corrected chi connectivity index (χ0v) is 18.5. The van der Waals surface area contributed by atoms with Crippen molar-refractivity contribution in [3.63, 3.8) is 0 Å². The molecule has 0 unspecified atom stereocenters. The van der Waals surface area contributed by atoms with Gasteiger partial charge < -0.3 is 9.09 Å². The highest BCUT2D eigenvalue weighted by molar-refractivity contribution is 7.98. The van der Waals surface area contributed by atoms with Crippen LogP contribution in [0.1, 0.15) is 17.9 Å². The lowest BCUT2D eigenvalue weighted by atomic mass is 10.1.